The Morgan fingerprint density at radius 3 is 1.60 bits per heavy atom. The van der Waals surface area contributed by atoms with Gasteiger partial charge >= 0.3 is 0 Å². The molecule has 0 nitrogen and oxygen atoms in total. The highest BCUT2D eigenvalue weighted by molar-refractivity contribution is 4.86. The molecular formula is C30H56. The highest BCUT2D eigenvalue weighted by atomic mass is 14.4. The van der Waals surface area contributed by atoms with E-state index in [2.05, 4.69) is 13.8 Å². The molecular weight excluding hydrogens is 360 g/mol. The standard InChI is InChI=1S/C30H56/c1-3-5-7-8-10-13-26-14-11-15-30(24-26)29-22-20-28(21-23-29)27-18-16-25(17-19-27)12-9-6-4-2/h25-30H,3-24H2,1-2H3. The van der Waals surface area contributed by atoms with Crippen LogP contribution in [0.4, 0.5) is 0 Å². The van der Waals surface area contributed by atoms with Gasteiger partial charge in [0.15, 0.2) is 0 Å². The first-order valence-corrected chi connectivity index (χ1v) is 14.8. The Morgan fingerprint density at radius 2 is 0.933 bits per heavy atom. The van der Waals surface area contributed by atoms with Crippen LogP contribution in [0.15, 0.2) is 0 Å². The van der Waals surface area contributed by atoms with E-state index in [1.165, 1.54) is 57.8 Å². The van der Waals surface area contributed by atoms with Crippen LogP contribution in [0.5, 0.6) is 0 Å². The highest BCUT2D eigenvalue weighted by Crippen LogP contribution is 2.47. The van der Waals surface area contributed by atoms with Crippen molar-refractivity contribution in [1.82, 2.24) is 0 Å². The SMILES string of the molecule is CCCCCCCC1CCCC(C2CCC(C3CCC(CCCCC)CC3)CC2)C1. The minimum absolute atomic E-state index is 1.09. The lowest BCUT2D eigenvalue weighted by Crippen LogP contribution is -2.30. The van der Waals surface area contributed by atoms with Gasteiger partial charge in [-0.1, -0.05) is 110 Å². The van der Waals surface area contributed by atoms with Gasteiger partial charge in [-0.15, -0.1) is 0 Å². The average Bonchev–Trinajstić information content (AvgIpc) is 2.80. The van der Waals surface area contributed by atoms with E-state index in [9.17, 15) is 0 Å². The molecule has 0 aliphatic heterocycles. The van der Waals surface area contributed by atoms with E-state index >= 15 is 0 Å². The summed E-state index contributed by atoms with van der Waals surface area (Å²) in [5.74, 6) is 6.60. The van der Waals surface area contributed by atoms with Crippen molar-refractivity contribution in [1.29, 1.82) is 0 Å². The molecule has 3 rings (SSSR count). The lowest BCUT2D eigenvalue weighted by molar-refractivity contribution is 0.0980. The smallest absolute Gasteiger partial charge is 0.0383 e. The molecule has 0 amide bonds. The maximum atomic E-state index is 2.34. The van der Waals surface area contributed by atoms with Gasteiger partial charge in [0.05, 0.1) is 0 Å². The van der Waals surface area contributed by atoms with E-state index in [-0.39, 0.29) is 0 Å². The molecule has 3 saturated carbocycles. The fourth-order valence-corrected chi connectivity index (χ4v) is 7.78. The molecule has 3 fully saturated rings. The predicted octanol–water partition coefficient (Wildman–Crippen LogP) is 10.3. The minimum atomic E-state index is 1.09. The van der Waals surface area contributed by atoms with Crippen molar-refractivity contribution in [3.05, 3.63) is 0 Å². The van der Waals surface area contributed by atoms with Crippen molar-refractivity contribution in [2.45, 2.75) is 155 Å². The van der Waals surface area contributed by atoms with E-state index in [1.807, 2.05) is 0 Å². The second-order valence-corrected chi connectivity index (χ2v) is 11.9. The lowest BCUT2D eigenvalue weighted by Gasteiger charge is -2.41. The Hall–Kier alpha value is 0. The van der Waals surface area contributed by atoms with E-state index < -0.39 is 0 Å². The third-order valence-electron chi connectivity index (χ3n) is 9.80. The summed E-state index contributed by atoms with van der Waals surface area (Å²) < 4.78 is 0. The van der Waals surface area contributed by atoms with Crippen LogP contribution in [0.2, 0.25) is 0 Å². The van der Waals surface area contributed by atoms with Gasteiger partial charge in [0.25, 0.3) is 0 Å². The van der Waals surface area contributed by atoms with Crippen LogP contribution in [0, 0.1) is 35.5 Å². The number of unbranched alkanes of at least 4 members (excludes halogenated alkanes) is 6. The summed E-state index contributed by atoms with van der Waals surface area (Å²) in [5, 5.41) is 0. The molecule has 0 bridgehead atoms. The Kier molecular flexibility index (Phi) is 11.7. The van der Waals surface area contributed by atoms with Gasteiger partial charge in [-0.3, -0.25) is 0 Å². The van der Waals surface area contributed by atoms with Crippen LogP contribution in [-0.2, 0) is 0 Å². The maximum absolute atomic E-state index is 2.34. The molecule has 3 aliphatic carbocycles. The van der Waals surface area contributed by atoms with Crippen LogP contribution >= 0.6 is 0 Å². The van der Waals surface area contributed by atoms with Gasteiger partial charge in [-0.05, 0) is 80.5 Å². The number of hydrogen-bond acceptors (Lipinski definition) is 0. The first-order chi connectivity index (χ1) is 14.8. The summed E-state index contributed by atoms with van der Waals surface area (Å²) in [6, 6.07) is 0. The first kappa shape index (κ1) is 24.6. The molecule has 0 aromatic rings. The Balaban J connectivity index is 1.30. The monoisotopic (exact) mass is 416 g/mol. The Labute approximate surface area is 190 Å². The zero-order valence-electron chi connectivity index (χ0n) is 21.0. The average molecular weight is 417 g/mol. The molecule has 0 aromatic heterocycles. The molecule has 176 valence electrons. The third kappa shape index (κ3) is 8.16. The predicted molar refractivity (Wildman–Crippen MR) is 134 cm³/mol. The van der Waals surface area contributed by atoms with Gasteiger partial charge in [0.1, 0.15) is 0 Å². The normalized spacial score (nSPS) is 35.4. The van der Waals surface area contributed by atoms with Crippen molar-refractivity contribution in [2.75, 3.05) is 0 Å². The van der Waals surface area contributed by atoms with Crippen molar-refractivity contribution < 1.29 is 0 Å². The largest absolute Gasteiger partial charge is 0.0654 e. The molecule has 30 heavy (non-hydrogen) atoms. The molecule has 3 aliphatic rings. The van der Waals surface area contributed by atoms with E-state index in [0.717, 1.165) is 35.5 Å². The zero-order chi connectivity index (χ0) is 21.0. The second kappa shape index (κ2) is 14.2. The van der Waals surface area contributed by atoms with E-state index in [0.29, 0.717) is 0 Å². The summed E-state index contributed by atoms with van der Waals surface area (Å²) in [6.07, 6.45) is 33.7. The molecule has 0 saturated heterocycles. The van der Waals surface area contributed by atoms with Crippen molar-refractivity contribution in [3.63, 3.8) is 0 Å². The molecule has 0 heterocycles. The van der Waals surface area contributed by atoms with Gasteiger partial charge < -0.3 is 0 Å². The molecule has 0 aromatic carbocycles. The van der Waals surface area contributed by atoms with Crippen LogP contribution < -0.4 is 0 Å². The number of hydrogen-bond donors (Lipinski definition) is 0. The second-order valence-electron chi connectivity index (χ2n) is 11.9. The van der Waals surface area contributed by atoms with E-state index in [1.54, 1.807) is 83.5 Å². The van der Waals surface area contributed by atoms with Crippen LogP contribution in [0.1, 0.15) is 155 Å². The van der Waals surface area contributed by atoms with E-state index in [4.69, 9.17) is 0 Å². The highest BCUT2D eigenvalue weighted by Gasteiger charge is 2.34. The van der Waals surface area contributed by atoms with Gasteiger partial charge in [-0.25, -0.2) is 0 Å². The summed E-state index contributed by atoms with van der Waals surface area (Å²) in [5.41, 5.74) is 0. The van der Waals surface area contributed by atoms with Crippen molar-refractivity contribution in [2.24, 2.45) is 35.5 Å². The maximum Gasteiger partial charge on any atom is -0.0383 e. The molecule has 0 radical (unpaired) electrons. The van der Waals surface area contributed by atoms with Gasteiger partial charge in [0, 0.05) is 0 Å². The summed E-state index contributed by atoms with van der Waals surface area (Å²) in [6.45, 7) is 4.68. The van der Waals surface area contributed by atoms with Gasteiger partial charge in [-0.2, -0.15) is 0 Å². The van der Waals surface area contributed by atoms with Crippen LogP contribution in [-0.4, -0.2) is 0 Å². The summed E-state index contributed by atoms with van der Waals surface area (Å²) in [7, 11) is 0. The zero-order valence-corrected chi connectivity index (χ0v) is 21.0. The lowest BCUT2D eigenvalue weighted by atomic mass is 9.64. The number of rotatable bonds is 12. The Morgan fingerprint density at radius 1 is 0.433 bits per heavy atom. The fraction of sp³-hybridized carbons (Fsp3) is 1.00. The van der Waals surface area contributed by atoms with Gasteiger partial charge in [0.2, 0.25) is 0 Å². The quantitative estimate of drug-likeness (QED) is 0.277. The molecule has 2 unspecified atom stereocenters. The Bertz CT molecular complexity index is 410. The fourth-order valence-electron chi connectivity index (χ4n) is 7.78. The third-order valence-corrected chi connectivity index (χ3v) is 9.80. The molecule has 0 spiro atoms. The topological polar surface area (TPSA) is 0 Å². The summed E-state index contributed by atoms with van der Waals surface area (Å²) in [4.78, 5) is 0. The molecule has 2 atom stereocenters. The van der Waals surface area contributed by atoms with Crippen LogP contribution in [0.25, 0.3) is 0 Å². The first-order valence-electron chi connectivity index (χ1n) is 14.8. The minimum Gasteiger partial charge on any atom is -0.0654 e. The summed E-state index contributed by atoms with van der Waals surface area (Å²) >= 11 is 0. The van der Waals surface area contributed by atoms with Crippen LogP contribution in [0.3, 0.4) is 0 Å². The molecule has 0 heteroatoms. The molecule has 0 N–H and O–H groups in total. The van der Waals surface area contributed by atoms with Crippen molar-refractivity contribution in [3.8, 4) is 0 Å². The van der Waals surface area contributed by atoms with Crippen molar-refractivity contribution >= 4 is 0 Å².